The van der Waals surface area contributed by atoms with E-state index in [2.05, 4.69) is 5.32 Å². The Hall–Kier alpha value is -3.68. The number of nitrogens with one attached hydrogen (secondary N) is 1. The Labute approximate surface area is 204 Å². The van der Waals surface area contributed by atoms with Crippen LogP contribution in [0.4, 0.5) is 15.8 Å². The molecule has 0 aromatic heterocycles. The Bertz CT molecular complexity index is 1370. The van der Waals surface area contributed by atoms with Crippen LogP contribution in [0.5, 0.6) is 5.75 Å². The van der Waals surface area contributed by atoms with Gasteiger partial charge >= 0.3 is 5.97 Å². The van der Waals surface area contributed by atoms with Gasteiger partial charge < -0.3 is 10.1 Å². The first-order valence-corrected chi connectivity index (χ1v) is 10.8. The van der Waals surface area contributed by atoms with E-state index in [0.29, 0.717) is 17.0 Å². The highest BCUT2D eigenvalue weighted by Crippen LogP contribution is 2.32. The van der Waals surface area contributed by atoms with Crippen LogP contribution in [-0.4, -0.2) is 17.8 Å². The van der Waals surface area contributed by atoms with E-state index in [0.717, 1.165) is 28.2 Å². The monoisotopic (exact) mass is 498 g/mol. The number of aryl methyl sites for hydroxylation is 2. The number of benzene rings is 3. The van der Waals surface area contributed by atoms with Gasteiger partial charge in [-0.3, -0.25) is 9.59 Å². The summed E-state index contributed by atoms with van der Waals surface area (Å²) < 4.78 is 18.9. The minimum absolute atomic E-state index is 0.0841. The predicted octanol–water partition coefficient (Wildman–Crippen LogP) is 5.75. The number of hydrogen-bond acceptors (Lipinski definition) is 5. The highest BCUT2D eigenvalue weighted by molar-refractivity contribution is 6.53. The lowest BCUT2D eigenvalue weighted by atomic mass is 10.1. The zero-order valence-electron chi connectivity index (χ0n) is 18.0. The van der Waals surface area contributed by atoms with Gasteiger partial charge in [0.05, 0.1) is 16.3 Å². The van der Waals surface area contributed by atoms with Crippen molar-refractivity contribution in [3.8, 4) is 5.75 Å². The molecule has 2 amide bonds. The summed E-state index contributed by atoms with van der Waals surface area (Å²) in [4.78, 5) is 38.6. The molecule has 0 aliphatic carbocycles. The molecule has 1 aliphatic rings. The van der Waals surface area contributed by atoms with Gasteiger partial charge in [-0.25, -0.2) is 14.1 Å². The maximum Gasteiger partial charge on any atom is 0.343 e. The number of halogens is 3. The van der Waals surface area contributed by atoms with Crippen molar-refractivity contribution in [3.05, 3.63) is 98.9 Å². The second-order valence-corrected chi connectivity index (χ2v) is 8.36. The molecule has 3 aromatic carbocycles. The van der Waals surface area contributed by atoms with Crippen LogP contribution in [0.1, 0.15) is 21.5 Å². The van der Waals surface area contributed by atoms with Crippen molar-refractivity contribution in [2.24, 2.45) is 0 Å². The number of esters is 1. The number of nitrogens with zero attached hydrogens (tertiary/aromatic N) is 1. The van der Waals surface area contributed by atoms with Crippen LogP contribution in [0.3, 0.4) is 0 Å². The van der Waals surface area contributed by atoms with Gasteiger partial charge in [0, 0.05) is 5.69 Å². The Morgan fingerprint density at radius 3 is 2.26 bits per heavy atom. The van der Waals surface area contributed by atoms with Gasteiger partial charge in [0.1, 0.15) is 22.3 Å². The quantitative estimate of drug-likeness (QED) is 0.275. The van der Waals surface area contributed by atoms with Crippen LogP contribution >= 0.6 is 23.2 Å². The average Bonchev–Trinajstić information content (AvgIpc) is 3.02. The zero-order valence-corrected chi connectivity index (χ0v) is 19.5. The number of amides is 2. The number of rotatable bonds is 5. The fourth-order valence-corrected chi connectivity index (χ4v) is 3.63. The first kappa shape index (κ1) is 23.5. The fraction of sp³-hybridized carbons (Fsp3) is 0.0800. The molecule has 1 aliphatic heterocycles. The summed E-state index contributed by atoms with van der Waals surface area (Å²) >= 11 is 11.9. The van der Waals surface area contributed by atoms with E-state index in [4.69, 9.17) is 27.9 Å². The number of hydrogen-bond donors (Lipinski definition) is 1. The van der Waals surface area contributed by atoms with Gasteiger partial charge in [0.15, 0.2) is 0 Å². The summed E-state index contributed by atoms with van der Waals surface area (Å²) in [5, 5.41) is 2.24. The lowest BCUT2D eigenvalue weighted by Crippen LogP contribution is -2.32. The average molecular weight is 499 g/mol. The first-order valence-electron chi connectivity index (χ1n) is 10.1. The second-order valence-electron chi connectivity index (χ2n) is 7.57. The lowest BCUT2D eigenvalue weighted by molar-refractivity contribution is -0.120. The number of imide groups is 1. The van der Waals surface area contributed by atoms with Crippen LogP contribution in [-0.2, 0) is 9.59 Å². The third-order valence-electron chi connectivity index (χ3n) is 5.27. The summed E-state index contributed by atoms with van der Waals surface area (Å²) in [6.45, 7) is 3.89. The van der Waals surface area contributed by atoms with Gasteiger partial charge in [-0.2, -0.15) is 0 Å². The lowest BCUT2D eigenvalue weighted by Gasteiger charge is -2.15. The van der Waals surface area contributed by atoms with E-state index < -0.39 is 23.6 Å². The van der Waals surface area contributed by atoms with Gasteiger partial charge in [-0.05, 0) is 79.6 Å². The molecule has 9 heteroatoms. The van der Waals surface area contributed by atoms with Crippen molar-refractivity contribution in [2.45, 2.75) is 13.8 Å². The Balaban J connectivity index is 1.48. The third-order valence-corrected chi connectivity index (χ3v) is 5.91. The van der Waals surface area contributed by atoms with Gasteiger partial charge in [0.2, 0.25) is 0 Å². The highest BCUT2D eigenvalue weighted by atomic mass is 35.5. The number of carbonyl (C=O) groups excluding carboxylic acids is 3. The summed E-state index contributed by atoms with van der Waals surface area (Å²) in [6.07, 6.45) is 0. The molecule has 0 saturated heterocycles. The van der Waals surface area contributed by atoms with Crippen molar-refractivity contribution in [1.82, 2.24) is 0 Å². The molecule has 1 heterocycles. The Kier molecular flexibility index (Phi) is 6.41. The number of carbonyl (C=O) groups is 3. The molecule has 6 nitrogen and oxygen atoms in total. The summed E-state index contributed by atoms with van der Waals surface area (Å²) in [7, 11) is 0. The molecule has 0 radical (unpaired) electrons. The molecule has 4 rings (SSSR count). The maximum atomic E-state index is 13.5. The molecule has 0 fully saturated rings. The van der Waals surface area contributed by atoms with E-state index in [9.17, 15) is 18.8 Å². The van der Waals surface area contributed by atoms with E-state index in [-0.39, 0.29) is 21.4 Å². The van der Waals surface area contributed by atoms with Gasteiger partial charge in [0.25, 0.3) is 11.8 Å². The normalized spacial score (nSPS) is 13.5. The van der Waals surface area contributed by atoms with Crippen molar-refractivity contribution < 1.29 is 23.5 Å². The largest absolute Gasteiger partial charge is 0.423 e. The minimum atomic E-state index is -0.773. The molecule has 0 unspecified atom stereocenters. The molecular formula is C25H17Cl2FN2O4. The van der Waals surface area contributed by atoms with Crippen molar-refractivity contribution >= 4 is 52.4 Å². The molecule has 34 heavy (non-hydrogen) atoms. The summed E-state index contributed by atoms with van der Waals surface area (Å²) in [6, 6.07) is 14.9. The topological polar surface area (TPSA) is 75.7 Å². The zero-order chi connectivity index (χ0) is 24.6. The van der Waals surface area contributed by atoms with Crippen LogP contribution in [0.2, 0.25) is 5.02 Å². The van der Waals surface area contributed by atoms with Gasteiger partial charge in [-0.1, -0.05) is 29.3 Å². The van der Waals surface area contributed by atoms with Crippen molar-refractivity contribution in [1.29, 1.82) is 0 Å². The maximum absolute atomic E-state index is 13.5. The van der Waals surface area contributed by atoms with Crippen molar-refractivity contribution in [3.63, 3.8) is 0 Å². The number of anilines is 2. The molecule has 0 spiro atoms. The molecule has 0 bridgehead atoms. The van der Waals surface area contributed by atoms with Crippen LogP contribution in [0.25, 0.3) is 0 Å². The SMILES string of the molecule is Cc1ccc(OC(=O)c2ccc(NC3=C(Cl)C(=O)N(c4ccc(F)c(Cl)c4)C3=O)cc2)cc1C. The Morgan fingerprint density at radius 1 is 0.912 bits per heavy atom. The van der Waals surface area contributed by atoms with E-state index in [1.165, 1.54) is 18.2 Å². The standard InChI is InChI=1S/C25H17Cl2FN2O4/c1-13-3-9-18(11-14(13)2)34-25(33)15-4-6-16(7-5-15)29-22-21(27)23(31)30(24(22)32)17-8-10-20(28)19(26)12-17/h3-12,29H,1-2H3. The summed E-state index contributed by atoms with van der Waals surface area (Å²) in [5.41, 5.74) is 2.72. The molecule has 0 atom stereocenters. The highest BCUT2D eigenvalue weighted by Gasteiger charge is 2.39. The number of ether oxygens (including phenoxy) is 1. The van der Waals surface area contributed by atoms with E-state index >= 15 is 0 Å². The molecule has 172 valence electrons. The third kappa shape index (κ3) is 4.53. The molecule has 0 saturated carbocycles. The molecule has 1 N–H and O–H groups in total. The van der Waals surface area contributed by atoms with Crippen LogP contribution < -0.4 is 15.0 Å². The minimum Gasteiger partial charge on any atom is -0.423 e. The van der Waals surface area contributed by atoms with Crippen molar-refractivity contribution in [2.75, 3.05) is 10.2 Å². The predicted molar refractivity (Wildman–Crippen MR) is 128 cm³/mol. The van der Waals surface area contributed by atoms with E-state index in [1.807, 2.05) is 19.9 Å². The Morgan fingerprint density at radius 2 is 1.62 bits per heavy atom. The van der Waals surface area contributed by atoms with Gasteiger partial charge in [-0.15, -0.1) is 0 Å². The van der Waals surface area contributed by atoms with E-state index in [1.54, 1.807) is 24.3 Å². The van der Waals surface area contributed by atoms with Crippen LogP contribution in [0.15, 0.2) is 71.4 Å². The summed E-state index contributed by atoms with van der Waals surface area (Å²) in [5.74, 6) is -2.29. The molecular weight excluding hydrogens is 482 g/mol. The smallest absolute Gasteiger partial charge is 0.343 e. The fourth-order valence-electron chi connectivity index (χ4n) is 3.25. The van der Waals surface area contributed by atoms with Crippen LogP contribution in [0, 0.1) is 19.7 Å². The second kappa shape index (κ2) is 9.29. The molecule has 3 aromatic rings. The first-order chi connectivity index (χ1) is 16.2.